The van der Waals surface area contributed by atoms with Crippen LogP contribution in [0.2, 0.25) is 0 Å². The number of anilines is 1. The number of halogens is 1. The van der Waals surface area contributed by atoms with Crippen molar-refractivity contribution in [1.29, 1.82) is 0 Å². The van der Waals surface area contributed by atoms with Crippen LogP contribution in [0.1, 0.15) is 17.2 Å². The Hall–Kier alpha value is -2.07. The summed E-state index contributed by atoms with van der Waals surface area (Å²) in [4.78, 5) is 0. The molecule has 2 rings (SSSR count). The van der Waals surface area contributed by atoms with E-state index in [2.05, 4.69) is 5.32 Å². The summed E-state index contributed by atoms with van der Waals surface area (Å²) in [6.45, 7) is 2.27. The van der Waals surface area contributed by atoms with E-state index in [4.69, 9.17) is 4.74 Å². The van der Waals surface area contributed by atoms with Crippen LogP contribution in [0.15, 0.2) is 42.5 Å². The first-order valence-electron chi connectivity index (χ1n) is 6.42. The van der Waals surface area contributed by atoms with Gasteiger partial charge in [-0.1, -0.05) is 12.1 Å². The normalized spacial score (nSPS) is 12.0. The summed E-state index contributed by atoms with van der Waals surface area (Å²) >= 11 is 0. The van der Waals surface area contributed by atoms with Crippen molar-refractivity contribution in [2.45, 2.75) is 13.0 Å². The Kier molecular flexibility index (Phi) is 4.58. The summed E-state index contributed by atoms with van der Waals surface area (Å²) in [5.41, 5.74) is 2.46. The fraction of sp³-hybridized carbons (Fsp3) is 0.250. The molecule has 0 radical (unpaired) electrons. The summed E-state index contributed by atoms with van der Waals surface area (Å²) in [5, 5.41) is 13.1. The van der Waals surface area contributed by atoms with Crippen molar-refractivity contribution < 1.29 is 14.2 Å². The maximum Gasteiger partial charge on any atom is 0.123 e. The highest BCUT2D eigenvalue weighted by Gasteiger charge is 2.08. The van der Waals surface area contributed by atoms with Gasteiger partial charge in [-0.05, 0) is 48.4 Å². The molecule has 0 fully saturated rings. The summed E-state index contributed by atoms with van der Waals surface area (Å²) in [6.07, 6.45) is -0.756. The van der Waals surface area contributed by atoms with E-state index in [0.29, 0.717) is 12.1 Å². The SMILES string of the molecule is COc1ccc(NCC(O)c2cccc(F)c2)cc1C. The molecule has 2 aromatic carbocycles. The predicted molar refractivity (Wildman–Crippen MR) is 77.6 cm³/mol. The van der Waals surface area contributed by atoms with Crippen molar-refractivity contribution in [1.82, 2.24) is 0 Å². The molecule has 1 unspecified atom stereocenters. The number of nitrogens with one attached hydrogen (secondary N) is 1. The molecule has 4 heteroatoms. The molecule has 3 nitrogen and oxygen atoms in total. The van der Waals surface area contributed by atoms with Crippen LogP contribution in [0.25, 0.3) is 0 Å². The van der Waals surface area contributed by atoms with Crippen LogP contribution in [0.5, 0.6) is 5.75 Å². The number of ether oxygens (including phenoxy) is 1. The number of methoxy groups -OCH3 is 1. The average molecular weight is 275 g/mol. The molecule has 0 aliphatic heterocycles. The van der Waals surface area contributed by atoms with Crippen LogP contribution in [0, 0.1) is 12.7 Å². The smallest absolute Gasteiger partial charge is 0.123 e. The van der Waals surface area contributed by atoms with Crippen molar-refractivity contribution in [3.8, 4) is 5.75 Å². The summed E-state index contributed by atoms with van der Waals surface area (Å²) < 4.78 is 18.3. The molecule has 2 N–H and O–H groups in total. The van der Waals surface area contributed by atoms with Crippen LogP contribution < -0.4 is 10.1 Å². The molecule has 0 saturated carbocycles. The van der Waals surface area contributed by atoms with Crippen molar-refractivity contribution in [3.63, 3.8) is 0 Å². The average Bonchev–Trinajstić information content (AvgIpc) is 2.45. The number of aliphatic hydroxyl groups is 1. The molecular formula is C16H18FNO2. The van der Waals surface area contributed by atoms with Crippen LogP contribution in [-0.4, -0.2) is 18.8 Å². The lowest BCUT2D eigenvalue weighted by molar-refractivity contribution is 0.191. The number of hydrogen-bond donors (Lipinski definition) is 2. The van der Waals surface area contributed by atoms with Gasteiger partial charge in [0.1, 0.15) is 11.6 Å². The fourth-order valence-electron chi connectivity index (χ4n) is 2.03. The monoisotopic (exact) mass is 275 g/mol. The predicted octanol–water partition coefficient (Wildman–Crippen LogP) is 3.29. The Morgan fingerprint density at radius 1 is 1.25 bits per heavy atom. The largest absolute Gasteiger partial charge is 0.496 e. The fourth-order valence-corrected chi connectivity index (χ4v) is 2.03. The molecule has 20 heavy (non-hydrogen) atoms. The summed E-state index contributed by atoms with van der Waals surface area (Å²) in [7, 11) is 1.63. The molecule has 0 saturated heterocycles. The van der Waals surface area contributed by atoms with Gasteiger partial charge in [0, 0.05) is 12.2 Å². The van der Waals surface area contributed by atoms with Gasteiger partial charge in [-0.2, -0.15) is 0 Å². The first-order chi connectivity index (χ1) is 9.60. The van der Waals surface area contributed by atoms with E-state index in [1.807, 2.05) is 25.1 Å². The summed E-state index contributed by atoms with van der Waals surface area (Å²) in [6, 6.07) is 11.7. The molecule has 0 spiro atoms. The maximum absolute atomic E-state index is 13.1. The van der Waals surface area contributed by atoms with Gasteiger partial charge < -0.3 is 15.2 Å². The maximum atomic E-state index is 13.1. The van der Waals surface area contributed by atoms with E-state index >= 15 is 0 Å². The zero-order chi connectivity index (χ0) is 14.5. The minimum absolute atomic E-state index is 0.315. The first kappa shape index (κ1) is 14.3. The van der Waals surface area contributed by atoms with Crippen molar-refractivity contribution in [3.05, 3.63) is 59.4 Å². The molecule has 0 bridgehead atoms. The lowest BCUT2D eigenvalue weighted by Gasteiger charge is -2.14. The van der Waals surface area contributed by atoms with Crippen LogP contribution in [-0.2, 0) is 0 Å². The molecule has 2 aromatic rings. The second kappa shape index (κ2) is 6.39. The highest BCUT2D eigenvalue weighted by molar-refractivity contribution is 5.50. The molecule has 0 aromatic heterocycles. The molecular weight excluding hydrogens is 257 g/mol. The quantitative estimate of drug-likeness (QED) is 0.879. The van der Waals surface area contributed by atoms with Gasteiger partial charge in [0.2, 0.25) is 0 Å². The van der Waals surface area contributed by atoms with E-state index in [9.17, 15) is 9.50 Å². The molecule has 106 valence electrons. The highest BCUT2D eigenvalue weighted by Crippen LogP contribution is 2.22. The molecule has 0 aliphatic carbocycles. The standard InChI is InChI=1S/C16H18FNO2/c1-11-8-14(6-7-16(11)20-2)18-10-15(19)12-4-3-5-13(17)9-12/h3-9,15,18-19H,10H2,1-2H3. The molecule has 0 heterocycles. The Labute approximate surface area is 118 Å². The minimum Gasteiger partial charge on any atom is -0.496 e. The third-order valence-corrected chi connectivity index (χ3v) is 3.13. The number of hydrogen-bond acceptors (Lipinski definition) is 3. The Balaban J connectivity index is 1.99. The third-order valence-electron chi connectivity index (χ3n) is 3.13. The van der Waals surface area contributed by atoms with Crippen LogP contribution >= 0.6 is 0 Å². The lowest BCUT2D eigenvalue weighted by Crippen LogP contribution is -2.12. The van der Waals surface area contributed by atoms with Gasteiger partial charge in [-0.25, -0.2) is 4.39 Å². The van der Waals surface area contributed by atoms with Crippen LogP contribution in [0.4, 0.5) is 10.1 Å². The minimum atomic E-state index is -0.756. The Morgan fingerprint density at radius 3 is 2.70 bits per heavy atom. The first-order valence-corrected chi connectivity index (χ1v) is 6.42. The van der Waals surface area contributed by atoms with Gasteiger partial charge in [0.25, 0.3) is 0 Å². The van der Waals surface area contributed by atoms with Gasteiger partial charge >= 0.3 is 0 Å². The zero-order valence-electron chi connectivity index (χ0n) is 11.6. The van der Waals surface area contributed by atoms with Gasteiger partial charge in [-0.15, -0.1) is 0 Å². The lowest BCUT2D eigenvalue weighted by atomic mass is 10.1. The number of aryl methyl sites for hydroxylation is 1. The third kappa shape index (κ3) is 3.48. The Bertz CT molecular complexity index is 586. The molecule has 1 atom stereocenters. The van der Waals surface area contributed by atoms with Crippen LogP contribution in [0.3, 0.4) is 0 Å². The van der Waals surface area contributed by atoms with Gasteiger partial charge in [0.15, 0.2) is 0 Å². The second-order valence-electron chi connectivity index (χ2n) is 4.64. The summed E-state index contributed by atoms with van der Waals surface area (Å²) in [5.74, 6) is 0.475. The number of rotatable bonds is 5. The van der Waals surface area contributed by atoms with Crippen molar-refractivity contribution in [2.24, 2.45) is 0 Å². The van der Waals surface area contributed by atoms with Gasteiger partial charge in [-0.3, -0.25) is 0 Å². The van der Waals surface area contributed by atoms with E-state index in [-0.39, 0.29) is 5.82 Å². The Morgan fingerprint density at radius 2 is 2.05 bits per heavy atom. The zero-order valence-corrected chi connectivity index (χ0v) is 11.6. The highest BCUT2D eigenvalue weighted by atomic mass is 19.1. The number of aliphatic hydroxyl groups excluding tert-OH is 1. The van der Waals surface area contributed by atoms with Crippen molar-refractivity contribution >= 4 is 5.69 Å². The van der Waals surface area contributed by atoms with E-state index in [1.165, 1.54) is 12.1 Å². The second-order valence-corrected chi connectivity index (χ2v) is 4.64. The molecule has 0 amide bonds. The van der Waals surface area contributed by atoms with Crippen molar-refractivity contribution in [2.75, 3.05) is 19.0 Å². The topological polar surface area (TPSA) is 41.5 Å². The van der Waals surface area contributed by atoms with Gasteiger partial charge in [0.05, 0.1) is 13.2 Å². The molecule has 0 aliphatic rings. The van der Waals surface area contributed by atoms with E-state index < -0.39 is 6.10 Å². The van der Waals surface area contributed by atoms with E-state index in [1.54, 1.807) is 19.2 Å². The number of benzene rings is 2. The van der Waals surface area contributed by atoms with E-state index in [0.717, 1.165) is 17.0 Å².